The lowest BCUT2D eigenvalue weighted by molar-refractivity contribution is 0.595. The zero-order valence-corrected chi connectivity index (χ0v) is 7.44. The third-order valence-electron chi connectivity index (χ3n) is 1.07. The smallest absolute Gasteiger partial charge is 0.234 e. The lowest BCUT2D eigenvalue weighted by Crippen LogP contribution is -2.02. The molecule has 1 heterocycles. The predicted octanol–water partition coefficient (Wildman–Crippen LogP) is -0.0861. The normalized spacial score (nSPS) is 11.7. The monoisotopic (exact) mass is 193 g/mol. The average molecular weight is 193 g/mol. The van der Waals surface area contributed by atoms with Gasteiger partial charge in [-0.15, -0.1) is 10.2 Å². The Bertz CT molecular complexity index is 342. The Morgan fingerprint density at radius 1 is 1.55 bits per heavy atom. The number of aromatic nitrogens is 2. The van der Waals surface area contributed by atoms with Crippen LogP contribution in [0.2, 0.25) is 0 Å². The van der Waals surface area contributed by atoms with E-state index in [9.17, 15) is 8.42 Å². The molecule has 0 spiro atoms. The number of nitrogens with two attached hydrogens (primary N) is 1. The number of anilines is 1. The molecule has 0 saturated carbocycles. The molecule has 0 amide bonds. The first-order chi connectivity index (χ1) is 5.06. The number of hydrogen-bond donors (Lipinski definition) is 1. The lowest BCUT2D eigenvalue weighted by atomic mass is 11.0. The van der Waals surface area contributed by atoms with Gasteiger partial charge in [0.2, 0.25) is 19.3 Å². The van der Waals surface area contributed by atoms with E-state index >= 15 is 0 Å². The van der Waals surface area contributed by atoms with Gasteiger partial charge in [-0.25, -0.2) is 8.42 Å². The van der Waals surface area contributed by atoms with Crippen LogP contribution in [0, 0.1) is 0 Å². The van der Waals surface area contributed by atoms with Gasteiger partial charge in [-0.1, -0.05) is 18.3 Å². The Hall–Kier alpha value is -0.690. The molecule has 5 nitrogen and oxygen atoms in total. The number of sulfone groups is 1. The minimum Gasteiger partial charge on any atom is -0.374 e. The molecule has 0 atom stereocenters. The number of rotatable bonds is 2. The molecule has 0 aliphatic heterocycles. The second-order valence-electron chi connectivity index (χ2n) is 1.81. The third kappa shape index (κ3) is 1.66. The highest BCUT2D eigenvalue weighted by molar-refractivity contribution is 7.93. The summed E-state index contributed by atoms with van der Waals surface area (Å²) in [4.78, 5) is 0. The van der Waals surface area contributed by atoms with Gasteiger partial charge in [-0.2, -0.15) is 0 Å². The van der Waals surface area contributed by atoms with Crippen molar-refractivity contribution in [1.29, 1.82) is 0 Å². The van der Waals surface area contributed by atoms with Gasteiger partial charge in [-0.3, -0.25) is 0 Å². The topological polar surface area (TPSA) is 85.9 Å². The highest BCUT2D eigenvalue weighted by atomic mass is 32.2. The Labute approximate surface area is 68.2 Å². The minimum absolute atomic E-state index is 0.00231. The van der Waals surface area contributed by atoms with Crippen molar-refractivity contribution in [3.63, 3.8) is 0 Å². The maximum Gasteiger partial charge on any atom is 0.234 e. The summed E-state index contributed by atoms with van der Waals surface area (Å²) in [5, 5.41) is 6.99. The van der Waals surface area contributed by atoms with Gasteiger partial charge in [0.05, 0.1) is 5.75 Å². The first-order valence-electron chi connectivity index (χ1n) is 2.88. The summed E-state index contributed by atoms with van der Waals surface area (Å²) in [6.07, 6.45) is 0. The lowest BCUT2D eigenvalue weighted by Gasteiger charge is -1.90. The largest absolute Gasteiger partial charge is 0.374 e. The van der Waals surface area contributed by atoms with Gasteiger partial charge in [0.1, 0.15) is 0 Å². The van der Waals surface area contributed by atoms with Gasteiger partial charge in [0, 0.05) is 0 Å². The van der Waals surface area contributed by atoms with Crippen LogP contribution in [-0.4, -0.2) is 24.4 Å². The van der Waals surface area contributed by atoms with Crippen molar-refractivity contribution in [2.75, 3.05) is 11.5 Å². The first kappa shape index (κ1) is 8.41. The van der Waals surface area contributed by atoms with Crippen molar-refractivity contribution in [3.05, 3.63) is 0 Å². The molecule has 11 heavy (non-hydrogen) atoms. The van der Waals surface area contributed by atoms with E-state index < -0.39 is 9.84 Å². The molecule has 0 saturated heterocycles. The Kier molecular flexibility index (Phi) is 2.10. The van der Waals surface area contributed by atoms with Crippen molar-refractivity contribution in [1.82, 2.24) is 10.2 Å². The fourth-order valence-corrected chi connectivity index (χ4v) is 2.34. The number of nitrogens with zero attached hydrogens (tertiary/aromatic N) is 2. The van der Waals surface area contributed by atoms with Crippen LogP contribution in [0.1, 0.15) is 6.92 Å². The van der Waals surface area contributed by atoms with Crippen LogP contribution in [-0.2, 0) is 9.84 Å². The fourth-order valence-electron chi connectivity index (χ4n) is 0.470. The average Bonchev–Trinajstić information content (AvgIpc) is 2.36. The number of nitrogen functional groups attached to an aromatic ring is 1. The van der Waals surface area contributed by atoms with Crippen molar-refractivity contribution >= 4 is 26.3 Å². The van der Waals surface area contributed by atoms with E-state index in [-0.39, 0.29) is 15.2 Å². The second kappa shape index (κ2) is 2.74. The fraction of sp³-hybridized carbons (Fsp3) is 0.500. The molecule has 62 valence electrons. The molecular weight excluding hydrogens is 186 g/mol. The highest BCUT2D eigenvalue weighted by Crippen LogP contribution is 2.17. The summed E-state index contributed by atoms with van der Waals surface area (Å²) in [5.74, 6) is 0.0294. The SMILES string of the molecule is CCS(=O)(=O)c1nnc(N)s1. The van der Waals surface area contributed by atoms with E-state index in [1.165, 1.54) is 0 Å². The molecule has 0 bridgehead atoms. The zero-order chi connectivity index (χ0) is 8.48. The van der Waals surface area contributed by atoms with Gasteiger partial charge < -0.3 is 5.73 Å². The van der Waals surface area contributed by atoms with Crippen LogP contribution < -0.4 is 5.73 Å². The maximum absolute atomic E-state index is 11.1. The molecule has 1 aromatic rings. The van der Waals surface area contributed by atoms with Crippen LogP contribution in [0.4, 0.5) is 5.13 Å². The molecule has 7 heteroatoms. The van der Waals surface area contributed by atoms with Crippen molar-refractivity contribution in [2.24, 2.45) is 0 Å². The summed E-state index contributed by atoms with van der Waals surface area (Å²) in [6.45, 7) is 1.55. The quantitative estimate of drug-likeness (QED) is 0.709. The van der Waals surface area contributed by atoms with Crippen molar-refractivity contribution < 1.29 is 8.42 Å². The Balaban J connectivity index is 3.13. The maximum atomic E-state index is 11.1. The Morgan fingerprint density at radius 2 is 2.18 bits per heavy atom. The number of hydrogen-bond acceptors (Lipinski definition) is 6. The van der Waals surface area contributed by atoms with Gasteiger partial charge >= 0.3 is 0 Å². The van der Waals surface area contributed by atoms with E-state index in [2.05, 4.69) is 10.2 Å². The molecule has 1 aromatic heterocycles. The third-order valence-corrected chi connectivity index (χ3v) is 4.00. The predicted molar refractivity (Wildman–Crippen MR) is 42.0 cm³/mol. The molecule has 2 N–H and O–H groups in total. The molecule has 0 unspecified atom stereocenters. The van der Waals surface area contributed by atoms with Crippen molar-refractivity contribution in [3.8, 4) is 0 Å². The van der Waals surface area contributed by atoms with Gasteiger partial charge in [0.25, 0.3) is 0 Å². The first-order valence-corrected chi connectivity index (χ1v) is 5.35. The molecule has 0 aliphatic carbocycles. The minimum atomic E-state index is -3.21. The van der Waals surface area contributed by atoms with Crippen molar-refractivity contribution in [2.45, 2.75) is 11.3 Å². The summed E-state index contributed by atoms with van der Waals surface area (Å²) >= 11 is 0.887. The van der Waals surface area contributed by atoms with Crippen LogP contribution in [0.3, 0.4) is 0 Å². The molecular formula is C4H7N3O2S2. The summed E-state index contributed by atoms with van der Waals surface area (Å²) in [6, 6.07) is 0. The van der Waals surface area contributed by atoms with Gasteiger partial charge in [-0.05, 0) is 0 Å². The molecule has 0 fully saturated rings. The van der Waals surface area contributed by atoms with Crippen LogP contribution in [0.15, 0.2) is 4.34 Å². The van der Waals surface area contributed by atoms with E-state index in [4.69, 9.17) is 5.73 Å². The Morgan fingerprint density at radius 3 is 2.55 bits per heavy atom. The summed E-state index contributed by atoms with van der Waals surface area (Å²) in [5.41, 5.74) is 5.21. The molecule has 0 radical (unpaired) electrons. The standard InChI is InChI=1S/C4H7N3O2S2/c1-2-11(8,9)4-7-6-3(5)10-4/h2H2,1H3,(H2,5,6). The van der Waals surface area contributed by atoms with E-state index in [1.54, 1.807) is 6.92 Å². The second-order valence-corrected chi connectivity index (χ2v) is 5.27. The zero-order valence-electron chi connectivity index (χ0n) is 5.81. The summed E-state index contributed by atoms with van der Waals surface area (Å²) in [7, 11) is -3.21. The van der Waals surface area contributed by atoms with Crippen LogP contribution in [0.25, 0.3) is 0 Å². The molecule has 1 rings (SSSR count). The van der Waals surface area contributed by atoms with Crippen LogP contribution >= 0.6 is 11.3 Å². The summed E-state index contributed by atoms with van der Waals surface area (Å²) < 4.78 is 22.1. The highest BCUT2D eigenvalue weighted by Gasteiger charge is 2.16. The molecule has 0 aromatic carbocycles. The molecule has 0 aliphatic rings. The van der Waals surface area contributed by atoms with E-state index in [1.807, 2.05) is 0 Å². The van der Waals surface area contributed by atoms with Crippen LogP contribution in [0.5, 0.6) is 0 Å². The van der Waals surface area contributed by atoms with Gasteiger partial charge in [0.15, 0.2) is 0 Å². The van der Waals surface area contributed by atoms with E-state index in [0.29, 0.717) is 0 Å². The van der Waals surface area contributed by atoms with E-state index in [0.717, 1.165) is 11.3 Å².